The highest BCUT2D eigenvalue weighted by Gasteiger charge is 2.61. The van der Waals surface area contributed by atoms with Crippen LogP contribution in [0.5, 0.6) is 0 Å². The number of carboxylic acid groups (broad SMARTS) is 1. The number of carbonyl (C=O) groups excluding carboxylic acids is 4. The number of rotatable bonds is 9. The van der Waals surface area contributed by atoms with E-state index < -0.39 is 64.4 Å². The van der Waals surface area contributed by atoms with E-state index in [9.17, 15) is 29.1 Å². The Morgan fingerprint density at radius 2 is 1.83 bits per heavy atom. The molecule has 0 radical (unpaired) electrons. The van der Waals surface area contributed by atoms with Gasteiger partial charge in [0.25, 0.3) is 5.91 Å². The molecule has 1 aromatic rings. The number of esters is 1. The fraction of sp³-hybridized carbons (Fsp3) is 0.581. The minimum atomic E-state index is -1.47. The Morgan fingerprint density at radius 1 is 1.17 bits per heavy atom. The van der Waals surface area contributed by atoms with Gasteiger partial charge in [-0.2, -0.15) is 0 Å². The Bertz CT molecular complexity index is 1300. The van der Waals surface area contributed by atoms with Crippen molar-refractivity contribution in [1.29, 1.82) is 0 Å². The van der Waals surface area contributed by atoms with Crippen molar-refractivity contribution >= 4 is 29.7 Å². The molecule has 3 aliphatic rings. The first kappa shape index (κ1) is 31.2. The van der Waals surface area contributed by atoms with E-state index in [4.69, 9.17) is 4.74 Å². The van der Waals surface area contributed by atoms with E-state index in [0.717, 1.165) is 5.56 Å². The number of amides is 3. The van der Waals surface area contributed by atoms with Gasteiger partial charge in [-0.15, -0.1) is 6.58 Å². The summed E-state index contributed by atoms with van der Waals surface area (Å²) in [5.41, 5.74) is -1.37. The van der Waals surface area contributed by atoms with E-state index in [-0.39, 0.29) is 31.8 Å². The normalized spacial score (nSPS) is 26.0. The maximum absolute atomic E-state index is 14.2. The van der Waals surface area contributed by atoms with Crippen LogP contribution in [0.2, 0.25) is 0 Å². The molecule has 1 saturated carbocycles. The maximum Gasteiger partial charge on any atom is 0.330 e. The van der Waals surface area contributed by atoms with Crippen molar-refractivity contribution in [2.45, 2.75) is 90.2 Å². The molecule has 1 aliphatic carbocycles. The van der Waals surface area contributed by atoms with Crippen LogP contribution in [0.1, 0.15) is 70.3 Å². The zero-order chi connectivity index (χ0) is 31.2. The van der Waals surface area contributed by atoms with Crippen molar-refractivity contribution in [2.24, 2.45) is 11.3 Å². The van der Waals surface area contributed by atoms with E-state index >= 15 is 0 Å². The van der Waals surface area contributed by atoms with E-state index in [2.05, 4.69) is 17.2 Å². The van der Waals surface area contributed by atoms with Crippen LogP contribution in [-0.2, 0) is 30.5 Å². The highest BCUT2D eigenvalue weighted by molar-refractivity contribution is 5.99. The van der Waals surface area contributed by atoms with Crippen LogP contribution in [0, 0.1) is 11.3 Å². The Morgan fingerprint density at radius 3 is 2.38 bits per heavy atom. The lowest BCUT2D eigenvalue weighted by molar-refractivity contribution is -0.154. The third-order valence-corrected chi connectivity index (χ3v) is 8.17. The molecule has 0 bridgehead atoms. The van der Waals surface area contributed by atoms with Crippen LogP contribution in [-0.4, -0.2) is 86.9 Å². The lowest BCUT2D eigenvalue weighted by atomic mass is 9.85. The van der Waals surface area contributed by atoms with Crippen LogP contribution in [0.4, 0.5) is 0 Å². The van der Waals surface area contributed by atoms with Crippen molar-refractivity contribution < 1.29 is 33.8 Å². The summed E-state index contributed by atoms with van der Waals surface area (Å²) in [7, 11) is 0. The first-order valence-electron chi connectivity index (χ1n) is 14.3. The Hall–Kier alpha value is -3.73. The number of ether oxygens (including phenoxy) is 1. The average molecular weight is 583 g/mol. The fourth-order valence-corrected chi connectivity index (χ4v) is 5.91. The zero-order valence-electron chi connectivity index (χ0n) is 25.2. The number of aliphatic carboxylic acids is 1. The third kappa shape index (κ3) is 6.21. The molecule has 3 N–H and O–H groups in total. The average Bonchev–Trinajstić information content (AvgIpc) is 3.25. The number of nitrogens with one attached hydrogen (secondary N) is 2. The van der Waals surface area contributed by atoms with Crippen molar-refractivity contribution in [3.63, 3.8) is 0 Å². The molecule has 5 atom stereocenters. The summed E-state index contributed by atoms with van der Waals surface area (Å²) < 4.78 is 5.40. The number of benzene rings is 1. The van der Waals surface area contributed by atoms with Gasteiger partial charge in [0.2, 0.25) is 11.8 Å². The smallest absolute Gasteiger partial charge is 0.330 e. The number of hydrogen-bond donors (Lipinski definition) is 3. The summed E-state index contributed by atoms with van der Waals surface area (Å²) in [4.78, 5) is 68.9. The first-order valence-corrected chi connectivity index (χ1v) is 14.3. The predicted molar refractivity (Wildman–Crippen MR) is 154 cm³/mol. The van der Waals surface area contributed by atoms with E-state index in [1.807, 2.05) is 32.9 Å². The summed E-state index contributed by atoms with van der Waals surface area (Å²) in [6.45, 7) is 14.7. The molecule has 4 rings (SSSR count). The van der Waals surface area contributed by atoms with Crippen molar-refractivity contribution in [1.82, 2.24) is 20.4 Å². The van der Waals surface area contributed by atoms with E-state index in [1.165, 1.54) is 11.0 Å². The zero-order valence-corrected chi connectivity index (χ0v) is 25.2. The topological polar surface area (TPSA) is 145 Å². The summed E-state index contributed by atoms with van der Waals surface area (Å²) in [5, 5.41) is 15.6. The van der Waals surface area contributed by atoms with Gasteiger partial charge in [0.15, 0.2) is 0 Å². The molecule has 1 aromatic carbocycles. The number of nitrogens with zero attached hydrogens (tertiary/aromatic N) is 2. The van der Waals surface area contributed by atoms with Gasteiger partial charge in [0, 0.05) is 24.6 Å². The Labute approximate surface area is 246 Å². The quantitative estimate of drug-likeness (QED) is 0.297. The highest BCUT2D eigenvalue weighted by atomic mass is 16.6. The minimum Gasteiger partial charge on any atom is -0.479 e. The molecule has 2 heterocycles. The molecule has 2 aliphatic heterocycles. The highest BCUT2D eigenvalue weighted by Crippen LogP contribution is 2.45. The summed E-state index contributed by atoms with van der Waals surface area (Å²) in [5.74, 6) is -3.29. The molecule has 0 aromatic heterocycles. The van der Waals surface area contributed by atoms with Gasteiger partial charge in [-0.05, 0) is 50.7 Å². The number of likely N-dealkylation sites (tertiary alicyclic amines) is 1. The van der Waals surface area contributed by atoms with Crippen LogP contribution < -0.4 is 10.6 Å². The molecule has 11 nitrogen and oxygen atoms in total. The standard InChI is InChI=1S/C31H42N4O7/c1-8-19-14-31(19,28(40)41)33-25(37)22-13-20(34-16-18-11-9-10-12-21(18)26(34)38)17-35(22)27(39)24(29(2,3)4)32-15-23(36)42-30(5,6)7/h8-12,19-20,22,24,32H,1,13-17H2,2-7H3,(H,33,37)(H,40,41)/t19-,20-,22+,24-,31-/m1/s1. The second kappa shape index (κ2) is 11.2. The van der Waals surface area contributed by atoms with Crippen molar-refractivity contribution in [3.8, 4) is 0 Å². The van der Waals surface area contributed by atoms with Crippen LogP contribution in [0.3, 0.4) is 0 Å². The molecule has 42 heavy (non-hydrogen) atoms. The van der Waals surface area contributed by atoms with Crippen LogP contribution >= 0.6 is 0 Å². The second-order valence-electron chi connectivity index (χ2n) is 13.6. The lowest BCUT2D eigenvalue weighted by Gasteiger charge is -2.36. The lowest BCUT2D eigenvalue weighted by Crippen LogP contribution is -2.59. The van der Waals surface area contributed by atoms with Gasteiger partial charge in [-0.3, -0.25) is 24.5 Å². The van der Waals surface area contributed by atoms with Crippen LogP contribution in [0.15, 0.2) is 36.9 Å². The van der Waals surface area contributed by atoms with Crippen molar-refractivity contribution in [3.05, 3.63) is 48.0 Å². The first-order chi connectivity index (χ1) is 19.5. The van der Waals surface area contributed by atoms with E-state index in [1.54, 1.807) is 37.8 Å². The Kier molecular flexibility index (Phi) is 8.30. The molecular formula is C31H42N4O7. The number of hydrogen-bond acceptors (Lipinski definition) is 7. The largest absolute Gasteiger partial charge is 0.479 e. The molecule has 1 saturated heterocycles. The SMILES string of the molecule is C=C[C@@H]1C[C@]1(NC(=O)[C@@H]1C[C@@H](N2Cc3ccccc3C2=O)CN1C(=O)[C@@H](NCC(=O)OC(C)(C)C)C(C)(C)C)C(=O)O. The summed E-state index contributed by atoms with van der Waals surface area (Å²) >= 11 is 0. The molecule has 0 unspecified atom stereocenters. The maximum atomic E-state index is 14.2. The third-order valence-electron chi connectivity index (χ3n) is 8.17. The van der Waals surface area contributed by atoms with Crippen LogP contribution in [0.25, 0.3) is 0 Å². The van der Waals surface area contributed by atoms with Gasteiger partial charge in [0.1, 0.15) is 17.2 Å². The van der Waals surface area contributed by atoms with Gasteiger partial charge in [-0.25, -0.2) is 4.79 Å². The number of carboxylic acids is 1. The molecule has 11 heteroatoms. The molecule has 228 valence electrons. The second-order valence-corrected chi connectivity index (χ2v) is 13.6. The van der Waals surface area contributed by atoms with Gasteiger partial charge in [0.05, 0.1) is 18.6 Å². The van der Waals surface area contributed by atoms with Crippen molar-refractivity contribution in [2.75, 3.05) is 13.1 Å². The Balaban J connectivity index is 1.60. The summed E-state index contributed by atoms with van der Waals surface area (Å²) in [6.07, 6.45) is 1.86. The number of fused-ring (bicyclic) bond motifs is 1. The number of carbonyl (C=O) groups is 5. The summed E-state index contributed by atoms with van der Waals surface area (Å²) in [6, 6.07) is 4.93. The molecule has 2 fully saturated rings. The van der Waals surface area contributed by atoms with Gasteiger partial charge >= 0.3 is 11.9 Å². The molecular weight excluding hydrogens is 540 g/mol. The minimum absolute atomic E-state index is 0.0856. The monoisotopic (exact) mass is 582 g/mol. The van der Waals surface area contributed by atoms with Gasteiger partial charge < -0.3 is 25.0 Å². The predicted octanol–water partition coefficient (Wildman–Crippen LogP) is 2.10. The van der Waals surface area contributed by atoms with Gasteiger partial charge in [-0.1, -0.05) is 45.0 Å². The van der Waals surface area contributed by atoms with E-state index in [0.29, 0.717) is 12.1 Å². The molecule has 3 amide bonds. The molecule has 0 spiro atoms. The fourth-order valence-electron chi connectivity index (χ4n) is 5.91.